The average Bonchev–Trinajstić information content (AvgIpc) is 2.34. The number of nitrogens with zero attached hydrogens (tertiary/aromatic N) is 2. The first-order valence-corrected chi connectivity index (χ1v) is 5.55. The SMILES string of the molecule is CCNc1ccc(-c2cc(F)ccc2C)nn1. The van der Waals surface area contributed by atoms with E-state index in [1.165, 1.54) is 12.1 Å². The van der Waals surface area contributed by atoms with Gasteiger partial charge < -0.3 is 5.32 Å². The third-order valence-electron chi connectivity index (χ3n) is 2.50. The molecule has 0 saturated carbocycles. The Hall–Kier alpha value is -1.97. The van der Waals surface area contributed by atoms with Crippen molar-refractivity contribution in [1.29, 1.82) is 0 Å². The normalized spacial score (nSPS) is 10.3. The Balaban J connectivity index is 2.36. The quantitative estimate of drug-likeness (QED) is 0.882. The second-order valence-corrected chi connectivity index (χ2v) is 3.79. The monoisotopic (exact) mass is 231 g/mol. The first kappa shape index (κ1) is 11.5. The summed E-state index contributed by atoms with van der Waals surface area (Å²) < 4.78 is 13.2. The molecular weight excluding hydrogens is 217 g/mol. The van der Waals surface area contributed by atoms with Crippen molar-refractivity contribution in [2.75, 3.05) is 11.9 Å². The van der Waals surface area contributed by atoms with E-state index in [4.69, 9.17) is 0 Å². The van der Waals surface area contributed by atoms with Gasteiger partial charge in [0.2, 0.25) is 0 Å². The Kier molecular flexibility index (Phi) is 3.32. The van der Waals surface area contributed by atoms with E-state index in [2.05, 4.69) is 15.5 Å². The number of halogens is 1. The molecule has 0 atom stereocenters. The van der Waals surface area contributed by atoms with Crippen LogP contribution in [0.1, 0.15) is 12.5 Å². The molecule has 0 saturated heterocycles. The molecule has 0 aliphatic heterocycles. The fourth-order valence-electron chi connectivity index (χ4n) is 1.62. The lowest BCUT2D eigenvalue weighted by molar-refractivity contribution is 0.628. The van der Waals surface area contributed by atoms with Crippen LogP contribution in [-0.4, -0.2) is 16.7 Å². The maximum absolute atomic E-state index is 13.2. The molecule has 0 fully saturated rings. The Morgan fingerprint density at radius 1 is 1.18 bits per heavy atom. The maximum atomic E-state index is 13.2. The summed E-state index contributed by atoms with van der Waals surface area (Å²) in [5, 5.41) is 11.2. The summed E-state index contributed by atoms with van der Waals surface area (Å²) in [5.74, 6) is 0.466. The molecular formula is C13H14FN3. The Morgan fingerprint density at radius 2 is 2.00 bits per heavy atom. The molecule has 17 heavy (non-hydrogen) atoms. The molecule has 1 aromatic carbocycles. The summed E-state index contributed by atoms with van der Waals surface area (Å²) in [7, 11) is 0. The Labute approximate surface area is 99.7 Å². The second kappa shape index (κ2) is 4.91. The van der Waals surface area contributed by atoms with Crippen LogP contribution >= 0.6 is 0 Å². The zero-order chi connectivity index (χ0) is 12.3. The second-order valence-electron chi connectivity index (χ2n) is 3.79. The van der Waals surface area contributed by atoms with Crippen molar-refractivity contribution in [2.45, 2.75) is 13.8 Å². The van der Waals surface area contributed by atoms with Crippen LogP contribution in [0.3, 0.4) is 0 Å². The van der Waals surface area contributed by atoms with Gasteiger partial charge in [-0.1, -0.05) is 6.07 Å². The topological polar surface area (TPSA) is 37.8 Å². The lowest BCUT2D eigenvalue weighted by atomic mass is 10.1. The van der Waals surface area contributed by atoms with E-state index in [1.807, 2.05) is 26.0 Å². The van der Waals surface area contributed by atoms with Crippen molar-refractivity contribution in [1.82, 2.24) is 10.2 Å². The highest BCUT2D eigenvalue weighted by Crippen LogP contribution is 2.22. The van der Waals surface area contributed by atoms with Gasteiger partial charge in [-0.05, 0) is 43.7 Å². The fraction of sp³-hybridized carbons (Fsp3) is 0.231. The lowest BCUT2D eigenvalue weighted by Gasteiger charge is -2.06. The van der Waals surface area contributed by atoms with Gasteiger partial charge in [0.15, 0.2) is 0 Å². The summed E-state index contributed by atoms with van der Waals surface area (Å²) in [4.78, 5) is 0. The molecule has 1 N–H and O–H groups in total. The van der Waals surface area contributed by atoms with E-state index in [0.717, 1.165) is 23.5 Å². The first-order valence-electron chi connectivity index (χ1n) is 5.55. The molecule has 1 heterocycles. The van der Waals surface area contributed by atoms with Crippen molar-refractivity contribution in [2.24, 2.45) is 0 Å². The molecule has 1 aromatic heterocycles. The van der Waals surface area contributed by atoms with Gasteiger partial charge in [-0.2, -0.15) is 0 Å². The van der Waals surface area contributed by atoms with Gasteiger partial charge in [0, 0.05) is 12.1 Å². The molecule has 2 aromatic rings. The zero-order valence-corrected chi connectivity index (χ0v) is 9.87. The van der Waals surface area contributed by atoms with Crippen molar-refractivity contribution >= 4 is 5.82 Å². The number of hydrogen-bond donors (Lipinski definition) is 1. The van der Waals surface area contributed by atoms with Crippen molar-refractivity contribution < 1.29 is 4.39 Å². The van der Waals surface area contributed by atoms with E-state index >= 15 is 0 Å². The van der Waals surface area contributed by atoms with Crippen LogP contribution in [0.4, 0.5) is 10.2 Å². The highest BCUT2D eigenvalue weighted by atomic mass is 19.1. The number of aryl methyl sites for hydroxylation is 1. The summed E-state index contributed by atoms with van der Waals surface area (Å²) in [6, 6.07) is 8.35. The van der Waals surface area contributed by atoms with Crippen molar-refractivity contribution in [3.8, 4) is 11.3 Å². The number of rotatable bonds is 3. The van der Waals surface area contributed by atoms with Gasteiger partial charge in [0.25, 0.3) is 0 Å². The molecule has 2 rings (SSSR count). The van der Waals surface area contributed by atoms with E-state index in [1.54, 1.807) is 6.07 Å². The molecule has 4 heteroatoms. The summed E-state index contributed by atoms with van der Waals surface area (Å²) in [6.45, 7) is 4.72. The molecule has 0 aliphatic rings. The number of anilines is 1. The van der Waals surface area contributed by atoms with Crippen LogP contribution in [0, 0.1) is 12.7 Å². The predicted molar refractivity (Wildman–Crippen MR) is 66.3 cm³/mol. The van der Waals surface area contributed by atoms with Crippen molar-refractivity contribution in [3.63, 3.8) is 0 Å². The minimum absolute atomic E-state index is 0.261. The molecule has 88 valence electrons. The van der Waals surface area contributed by atoms with E-state index in [-0.39, 0.29) is 5.82 Å². The highest BCUT2D eigenvalue weighted by molar-refractivity contribution is 5.63. The Morgan fingerprint density at radius 3 is 2.65 bits per heavy atom. The molecule has 3 nitrogen and oxygen atoms in total. The third-order valence-corrected chi connectivity index (χ3v) is 2.50. The molecule has 0 radical (unpaired) electrons. The van der Waals surface area contributed by atoms with Gasteiger partial charge >= 0.3 is 0 Å². The predicted octanol–water partition coefficient (Wildman–Crippen LogP) is 3.02. The molecule has 0 unspecified atom stereocenters. The van der Waals surface area contributed by atoms with Crippen molar-refractivity contribution in [3.05, 3.63) is 41.7 Å². The molecule has 0 spiro atoms. The summed E-state index contributed by atoms with van der Waals surface area (Å²) in [6.07, 6.45) is 0. The van der Waals surface area contributed by atoms with E-state index in [9.17, 15) is 4.39 Å². The fourth-order valence-corrected chi connectivity index (χ4v) is 1.62. The Bertz CT molecular complexity index is 509. The van der Waals surface area contributed by atoms with E-state index < -0.39 is 0 Å². The standard InChI is InChI=1S/C13H14FN3/c1-3-15-13-7-6-12(16-17-13)11-8-10(14)5-4-9(11)2/h4-8H,3H2,1-2H3,(H,15,17). The largest absolute Gasteiger partial charge is 0.369 e. The highest BCUT2D eigenvalue weighted by Gasteiger charge is 2.05. The number of aromatic nitrogens is 2. The minimum Gasteiger partial charge on any atom is -0.369 e. The number of hydrogen-bond acceptors (Lipinski definition) is 3. The van der Waals surface area contributed by atoms with Crippen LogP contribution < -0.4 is 5.32 Å². The third kappa shape index (κ3) is 2.58. The number of nitrogens with one attached hydrogen (secondary N) is 1. The summed E-state index contributed by atoms with van der Waals surface area (Å²) >= 11 is 0. The lowest BCUT2D eigenvalue weighted by Crippen LogP contribution is -2.01. The van der Waals surface area contributed by atoms with Crippen LogP contribution in [0.25, 0.3) is 11.3 Å². The van der Waals surface area contributed by atoms with Gasteiger partial charge in [0.05, 0.1) is 5.69 Å². The van der Waals surface area contributed by atoms with Crippen LogP contribution in [0.15, 0.2) is 30.3 Å². The van der Waals surface area contributed by atoms with Gasteiger partial charge in [-0.25, -0.2) is 4.39 Å². The smallest absolute Gasteiger partial charge is 0.148 e. The van der Waals surface area contributed by atoms with Crippen LogP contribution in [-0.2, 0) is 0 Å². The first-order chi connectivity index (χ1) is 8.20. The van der Waals surface area contributed by atoms with Gasteiger partial charge in [0.1, 0.15) is 11.6 Å². The van der Waals surface area contributed by atoms with Crippen LogP contribution in [0.5, 0.6) is 0 Å². The number of benzene rings is 1. The van der Waals surface area contributed by atoms with E-state index in [0.29, 0.717) is 5.69 Å². The zero-order valence-electron chi connectivity index (χ0n) is 9.87. The minimum atomic E-state index is -0.261. The maximum Gasteiger partial charge on any atom is 0.148 e. The molecule has 0 aliphatic carbocycles. The summed E-state index contributed by atoms with van der Waals surface area (Å²) in [5.41, 5.74) is 2.45. The molecule has 0 amide bonds. The van der Waals surface area contributed by atoms with Crippen LogP contribution in [0.2, 0.25) is 0 Å². The molecule has 0 bridgehead atoms. The average molecular weight is 231 g/mol. The van der Waals surface area contributed by atoms with Gasteiger partial charge in [-0.15, -0.1) is 10.2 Å². The van der Waals surface area contributed by atoms with Gasteiger partial charge in [-0.3, -0.25) is 0 Å².